The number of benzene rings is 2. The van der Waals surface area contributed by atoms with Gasteiger partial charge < -0.3 is 15.0 Å². The average molecular weight is 361 g/mol. The van der Waals surface area contributed by atoms with E-state index in [1.54, 1.807) is 0 Å². The maximum atomic E-state index is 12.8. The van der Waals surface area contributed by atoms with Gasteiger partial charge in [-0.1, -0.05) is 6.07 Å². The topological polar surface area (TPSA) is 102 Å². The largest absolute Gasteiger partial charge is 0.484 e. The molecule has 0 saturated heterocycles. The van der Waals surface area contributed by atoms with E-state index in [2.05, 4.69) is 5.32 Å². The van der Waals surface area contributed by atoms with Crippen LogP contribution >= 0.6 is 0 Å². The molecule has 2 aromatic carbocycles. The zero-order valence-electron chi connectivity index (χ0n) is 13.8. The fourth-order valence-corrected chi connectivity index (χ4v) is 1.98. The Balaban J connectivity index is 1.83. The summed E-state index contributed by atoms with van der Waals surface area (Å²) in [6.07, 6.45) is 0. The summed E-state index contributed by atoms with van der Waals surface area (Å²) in [6.45, 7) is -0.601. The zero-order chi connectivity index (χ0) is 19.1. The van der Waals surface area contributed by atoms with Crippen molar-refractivity contribution in [2.45, 2.75) is 0 Å². The molecule has 0 aliphatic heterocycles. The second-order valence-electron chi connectivity index (χ2n) is 5.35. The van der Waals surface area contributed by atoms with E-state index in [-0.39, 0.29) is 24.6 Å². The van der Waals surface area contributed by atoms with Crippen LogP contribution in [0.1, 0.15) is 0 Å². The Bertz CT molecular complexity index is 810. The summed E-state index contributed by atoms with van der Waals surface area (Å²) in [5, 5.41) is 13.2. The SMILES string of the molecule is CN(CC(=O)Nc1ccc(F)cc1)C(=O)COc1cccc([N+](=O)[O-])c1. The molecule has 0 fully saturated rings. The number of nitrogens with zero attached hydrogens (tertiary/aromatic N) is 2. The van der Waals surface area contributed by atoms with Crippen LogP contribution in [-0.2, 0) is 9.59 Å². The number of carbonyl (C=O) groups excluding carboxylic acids is 2. The first kappa shape index (κ1) is 18.8. The lowest BCUT2D eigenvalue weighted by Crippen LogP contribution is -2.37. The number of anilines is 1. The van der Waals surface area contributed by atoms with Crippen LogP contribution < -0.4 is 10.1 Å². The Labute approximate surface area is 148 Å². The van der Waals surface area contributed by atoms with Crippen LogP contribution in [0, 0.1) is 15.9 Å². The number of nitro groups is 1. The lowest BCUT2D eigenvalue weighted by Gasteiger charge is -2.17. The van der Waals surface area contributed by atoms with Crippen molar-refractivity contribution >= 4 is 23.2 Å². The number of likely N-dealkylation sites (N-methyl/N-ethyl adjacent to an activating group) is 1. The third-order valence-electron chi connectivity index (χ3n) is 3.33. The fourth-order valence-electron chi connectivity index (χ4n) is 1.98. The molecule has 8 nitrogen and oxygen atoms in total. The average Bonchev–Trinajstić information content (AvgIpc) is 2.61. The third kappa shape index (κ3) is 5.55. The van der Waals surface area contributed by atoms with Crippen molar-refractivity contribution in [3.05, 3.63) is 64.5 Å². The van der Waals surface area contributed by atoms with Gasteiger partial charge in [0.05, 0.1) is 17.5 Å². The van der Waals surface area contributed by atoms with Crippen molar-refractivity contribution in [3.8, 4) is 5.75 Å². The van der Waals surface area contributed by atoms with Crippen LogP contribution in [0.15, 0.2) is 48.5 Å². The van der Waals surface area contributed by atoms with E-state index in [1.807, 2.05) is 0 Å². The highest BCUT2D eigenvalue weighted by molar-refractivity contribution is 5.94. The van der Waals surface area contributed by atoms with Crippen LogP contribution in [0.3, 0.4) is 0 Å². The van der Waals surface area contributed by atoms with Gasteiger partial charge in [-0.25, -0.2) is 4.39 Å². The smallest absolute Gasteiger partial charge is 0.273 e. The summed E-state index contributed by atoms with van der Waals surface area (Å²) in [5.41, 5.74) is 0.257. The molecule has 1 N–H and O–H groups in total. The van der Waals surface area contributed by atoms with Crippen molar-refractivity contribution < 1.29 is 23.6 Å². The van der Waals surface area contributed by atoms with Crippen LogP contribution in [0.25, 0.3) is 0 Å². The first-order valence-corrected chi connectivity index (χ1v) is 7.52. The molecule has 0 saturated carbocycles. The van der Waals surface area contributed by atoms with Gasteiger partial charge in [0.15, 0.2) is 6.61 Å². The molecule has 9 heteroatoms. The Kier molecular flexibility index (Phi) is 6.20. The molecule has 0 radical (unpaired) electrons. The van der Waals surface area contributed by atoms with Gasteiger partial charge in [0.25, 0.3) is 11.6 Å². The first-order chi connectivity index (χ1) is 12.3. The maximum absolute atomic E-state index is 12.8. The van der Waals surface area contributed by atoms with Gasteiger partial charge in [-0.2, -0.15) is 0 Å². The quantitative estimate of drug-likeness (QED) is 0.602. The summed E-state index contributed by atoms with van der Waals surface area (Å²) in [4.78, 5) is 35.2. The van der Waals surface area contributed by atoms with Crippen LogP contribution in [0.2, 0.25) is 0 Å². The predicted octanol–water partition coefficient (Wildman–Crippen LogP) is 2.21. The summed E-state index contributed by atoms with van der Waals surface area (Å²) in [7, 11) is 1.42. The predicted molar refractivity (Wildman–Crippen MR) is 91.3 cm³/mol. The van der Waals surface area contributed by atoms with E-state index in [4.69, 9.17) is 4.74 Å². The van der Waals surface area contributed by atoms with Gasteiger partial charge in [0, 0.05) is 18.8 Å². The standard InChI is InChI=1S/C17H16FN3O5/c1-20(10-16(22)19-13-7-5-12(18)6-8-13)17(23)11-26-15-4-2-3-14(9-15)21(24)25/h2-9H,10-11H2,1H3,(H,19,22). The number of nitrogens with one attached hydrogen (secondary N) is 1. The monoisotopic (exact) mass is 361 g/mol. The molecule has 0 aromatic heterocycles. The number of hydrogen-bond donors (Lipinski definition) is 1. The number of amides is 2. The van der Waals surface area contributed by atoms with Crippen LogP contribution in [0.4, 0.5) is 15.8 Å². The number of ether oxygens (including phenoxy) is 1. The minimum Gasteiger partial charge on any atom is -0.484 e. The molecule has 2 amide bonds. The van der Waals surface area contributed by atoms with Crippen molar-refractivity contribution in [2.24, 2.45) is 0 Å². The molecule has 0 spiro atoms. The Morgan fingerprint density at radius 3 is 2.58 bits per heavy atom. The number of carbonyl (C=O) groups is 2. The molecular weight excluding hydrogens is 345 g/mol. The van der Waals surface area contributed by atoms with E-state index in [0.717, 1.165) is 4.90 Å². The highest BCUT2D eigenvalue weighted by Gasteiger charge is 2.14. The molecule has 0 atom stereocenters. The number of nitro benzene ring substituents is 1. The van der Waals surface area contributed by atoms with E-state index >= 15 is 0 Å². The van der Waals surface area contributed by atoms with Gasteiger partial charge in [-0.15, -0.1) is 0 Å². The van der Waals surface area contributed by atoms with Crippen molar-refractivity contribution in [3.63, 3.8) is 0 Å². The molecule has 2 rings (SSSR count). The molecule has 0 bridgehead atoms. The highest BCUT2D eigenvalue weighted by Crippen LogP contribution is 2.19. The van der Waals surface area contributed by atoms with E-state index in [0.29, 0.717) is 5.69 Å². The van der Waals surface area contributed by atoms with Gasteiger partial charge in [-0.05, 0) is 30.3 Å². The Morgan fingerprint density at radius 2 is 1.92 bits per heavy atom. The molecule has 0 aliphatic carbocycles. The van der Waals surface area contributed by atoms with E-state index in [1.165, 1.54) is 55.6 Å². The number of halogens is 1. The highest BCUT2D eigenvalue weighted by atomic mass is 19.1. The van der Waals surface area contributed by atoms with Gasteiger partial charge >= 0.3 is 0 Å². The van der Waals surface area contributed by atoms with Crippen molar-refractivity contribution in [1.29, 1.82) is 0 Å². The Morgan fingerprint density at radius 1 is 1.23 bits per heavy atom. The summed E-state index contributed by atoms with van der Waals surface area (Å²) in [6, 6.07) is 10.7. The second kappa shape index (κ2) is 8.56. The summed E-state index contributed by atoms with van der Waals surface area (Å²) < 4.78 is 18.0. The van der Waals surface area contributed by atoms with Crippen molar-refractivity contribution in [2.75, 3.05) is 25.5 Å². The van der Waals surface area contributed by atoms with Gasteiger partial charge in [0.1, 0.15) is 11.6 Å². The van der Waals surface area contributed by atoms with Gasteiger partial charge in [-0.3, -0.25) is 19.7 Å². The van der Waals surface area contributed by atoms with Crippen LogP contribution in [-0.4, -0.2) is 41.8 Å². The normalized spacial score (nSPS) is 10.1. The number of hydrogen-bond acceptors (Lipinski definition) is 5. The fraction of sp³-hybridized carbons (Fsp3) is 0.176. The van der Waals surface area contributed by atoms with Crippen LogP contribution in [0.5, 0.6) is 5.75 Å². The lowest BCUT2D eigenvalue weighted by molar-refractivity contribution is -0.384. The molecule has 0 aliphatic rings. The van der Waals surface area contributed by atoms with E-state index in [9.17, 15) is 24.1 Å². The molecule has 0 unspecified atom stereocenters. The summed E-state index contributed by atoms with van der Waals surface area (Å²) >= 11 is 0. The Hall–Kier alpha value is -3.49. The second-order valence-corrected chi connectivity index (χ2v) is 5.35. The zero-order valence-corrected chi connectivity index (χ0v) is 13.8. The molecular formula is C17H16FN3O5. The minimum atomic E-state index is -0.569. The molecule has 136 valence electrons. The van der Waals surface area contributed by atoms with Crippen molar-refractivity contribution in [1.82, 2.24) is 4.90 Å². The lowest BCUT2D eigenvalue weighted by atomic mass is 10.3. The molecule has 0 heterocycles. The minimum absolute atomic E-state index is 0.151. The number of non-ortho nitro benzene ring substituents is 1. The number of rotatable bonds is 7. The molecule has 2 aromatic rings. The third-order valence-corrected chi connectivity index (χ3v) is 3.33. The van der Waals surface area contributed by atoms with E-state index < -0.39 is 22.6 Å². The van der Waals surface area contributed by atoms with Gasteiger partial charge in [0.2, 0.25) is 5.91 Å². The molecule has 26 heavy (non-hydrogen) atoms. The first-order valence-electron chi connectivity index (χ1n) is 7.52. The maximum Gasteiger partial charge on any atom is 0.273 e. The summed E-state index contributed by atoms with van der Waals surface area (Å²) in [5.74, 6) is -1.18.